The standard InChI is InChI=1S/C21H20Cl2N6O2/c1-12-7-8-13(20(30)28-19-14(22)5-4-6-15(19)23)9-16(12)27-21(31)29(3)18-10-17(24-2)25-11-26-18/h4-11H,1-3H3,(H,27,31)(H,28,30)(H,24,25,26). The molecule has 0 aliphatic rings. The summed E-state index contributed by atoms with van der Waals surface area (Å²) in [5.74, 6) is 0.586. The average Bonchev–Trinajstić information content (AvgIpc) is 2.77. The first-order valence-corrected chi connectivity index (χ1v) is 9.96. The van der Waals surface area contributed by atoms with E-state index in [0.29, 0.717) is 38.6 Å². The molecule has 0 radical (unpaired) electrons. The van der Waals surface area contributed by atoms with E-state index in [4.69, 9.17) is 23.2 Å². The maximum atomic E-state index is 12.7. The lowest BCUT2D eigenvalue weighted by atomic mass is 10.1. The van der Waals surface area contributed by atoms with Crippen molar-refractivity contribution >= 4 is 58.2 Å². The Hall–Kier alpha value is -3.36. The van der Waals surface area contributed by atoms with Crippen LogP contribution in [-0.4, -0.2) is 36.0 Å². The number of halogens is 2. The molecule has 1 aromatic heterocycles. The summed E-state index contributed by atoms with van der Waals surface area (Å²) >= 11 is 12.2. The molecular weight excluding hydrogens is 439 g/mol. The molecular formula is C21H20Cl2N6O2. The van der Waals surface area contributed by atoms with Crippen LogP contribution in [0.1, 0.15) is 15.9 Å². The van der Waals surface area contributed by atoms with E-state index < -0.39 is 11.9 Å². The number of urea groups is 1. The van der Waals surface area contributed by atoms with Gasteiger partial charge < -0.3 is 16.0 Å². The summed E-state index contributed by atoms with van der Waals surface area (Å²) in [6.07, 6.45) is 1.36. The zero-order chi connectivity index (χ0) is 22.5. The lowest BCUT2D eigenvalue weighted by molar-refractivity contribution is 0.102. The fraction of sp³-hybridized carbons (Fsp3) is 0.143. The summed E-state index contributed by atoms with van der Waals surface area (Å²) in [6.45, 7) is 1.83. The zero-order valence-electron chi connectivity index (χ0n) is 17.0. The molecule has 0 bridgehead atoms. The fourth-order valence-electron chi connectivity index (χ4n) is 2.67. The van der Waals surface area contributed by atoms with Gasteiger partial charge in [-0.2, -0.15) is 0 Å². The van der Waals surface area contributed by atoms with Crippen molar-refractivity contribution in [2.75, 3.05) is 34.9 Å². The first-order valence-electron chi connectivity index (χ1n) is 9.20. The molecule has 8 nitrogen and oxygen atoms in total. The van der Waals surface area contributed by atoms with E-state index in [1.54, 1.807) is 56.6 Å². The summed E-state index contributed by atoms with van der Waals surface area (Å²) in [5, 5.41) is 9.06. The smallest absolute Gasteiger partial charge is 0.327 e. The number of carbonyl (C=O) groups is 2. The van der Waals surface area contributed by atoms with Crippen molar-refractivity contribution in [1.29, 1.82) is 0 Å². The SMILES string of the molecule is CNc1cc(N(C)C(=O)Nc2cc(C(=O)Nc3c(Cl)cccc3Cl)ccc2C)ncn1. The van der Waals surface area contributed by atoms with Crippen LogP contribution >= 0.6 is 23.2 Å². The third kappa shape index (κ3) is 5.22. The van der Waals surface area contributed by atoms with Crippen LogP contribution in [0.25, 0.3) is 0 Å². The minimum atomic E-state index is -0.421. The number of nitrogens with one attached hydrogen (secondary N) is 3. The molecule has 0 aliphatic heterocycles. The van der Waals surface area contributed by atoms with Gasteiger partial charge in [-0.05, 0) is 36.8 Å². The Kier molecular flexibility index (Phi) is 6.94. The Morgan fingerprint density at radius 3 is 2.39 bits per heavy atom. The Balaban J connectivity index is 1.79. The van der Waals surface area contributed by atoms with Crippen molar-refractivity contribution in [2.45, 2.75) is 6.92 Å². The van der Waals surface area contributed by atoms with Gasteiger partial charge >= 0.3 is 6.03 Å². The van der Waals surface area contributed by atoms with Crippen molar-refractivity contribution in [1.82, 2.24) is 9.97 Å². The lowest BCUT2D eigenvalue weighted by Gasteiger charge is -2.19. The summed E-state index contributed by atoms with van der Waals surface area (Å²) < 4.78 is 0. The minimum Gasteiger partial charge on any atom is -0.373 e. The quantitative estimate of drug-likeness (QED) is 0.496. The van der Waals surface area contributed by atoms with E-state index in [1.165, 1.54) is 11.2 Å². The zero-order valence-corrected chi connectivity index (χ0v) is 18.5. The Morgan fingerprint density at radius 2 is 1.71 bits per heavy atom. The van der Waals surface area contributed by atoms with Crippen molar-refractivity contribution in [3.63, 3.8) is 0 Å². The van der Waals surface area contributed by atoms with Gasteiger partial charge in [-0.1, -0.05) is 35.3 Å². The topological polar surface area (TPSA) is 99.2 Å². The van der Waals surface area contributed by atoms with Crippen LogP contribution in [0.5, 0.6) is 0 Å². The van der Waals surface area contributed by atoms with Gasteiger partial charge in [0.1, 0.15) is 18.0 Å². The third-order valence-electron chi connectivity index (χ3n) is 4.50. The number of aryl methyl sites for hydroxylation is 1. The lowest BCUT2D eigenvalue weighted by Crippen LogP contribution is -2.32. The van der Waals surface area contributed by atoms with Gasteiger partial charge in [0, 0.05) is 31.4 Å². The molecule has 3 amide bonds. The van der Waals surface area contributed by atoms with Gasteiger partial charge in [0.2, 0.25) is 0 Å². The molecule has 0 saturated heterocycles. The second-order valence-corrected chi connectivity index (χ2v) is 7.40. The van der Waals surface area contributed by atoms with Gasteiger partial charge in [-0.25, -0.2) is 14.8 Å². The predicted molar refractivity (Wildman–Crippen MR) is 125 cm³/mol. The highest BCUT2D eigenvalue weighted by Gasteiger charge is 2.17. The number of nitrogens with zero attached hydrogens (tertiary/aromatic N) is 3. The molecule has 10 heteroatoms. The van der Waals surface area contributed by atoms with Crippen LogP contribution < -0.4 is 20.9 Å². The monoisotopic (exact) mass is 458 g/mol. The van der Waals surface area contributed by atoms with Crippen LogP contribution in [0.2, 0.25) is 10.0 Å². The van der Waals surface area contributed by atoms with Crippen LogP contribution in [-0.2, 0) is 0 Å². The molecule has 2 aromatic carbocycles. The second kappa shape index (κ2) is 9.63. The minimum absolute atomic E-state index is 0.325. The van der Waals surface area contributed by atoms with Crippen molar-refractivity contribution in [2.24, 2.45) is 0 Å². The normalized spacial score (nSPS) is 10.4. The summed E-state index contributed by atoms with van der Waals surface area (Å²) in [4.78, 5) is 34.9. The molecule has 31 heavy (non-hydrogen) atoms. The summed E-state index contributed by atoms with van der Waals surface area (Å²) in [7, 11) is 3.31. The molecule has 3 aromatic rings. The Bertz CT molecular complexity index is 1120. The number of hydrogen-bond donors (Lipinski definition) is 3. The van der Waals surface area contributed by atoms with E-state index in [1.807, 2.05) is 6.92 Å². The molecule has 0 atom stereocenters. The molecule has 0 aliphatic carbocycles. The van der Waals surface area contributed by atoms with Crippen LogP contribution in [0.15, 0.2) is 48.8 Å². The number of para-hydroxylation sites is 1. The van der Waals surface area contributed by atoms with Crippen molar-refractivity contribution < 1.29 is 9.59 Å². The average molecular weight is 459 g/mol. The third-order valence-corrected chi connectivity index (χ3v) is 5.13. The molecule has 160 valence electrons. The first-order chi connectivity index (χ1) is 14.8. The molecule has 3 N–H and O–H groups in total. The second-order valence-electron chi connectivity index (χ2n) is 6.58. The highest BCUT2D eigenvalue weighted by Crippen LogP contribution is 2.30. The van der Waals surface area contributed by atoms with E-state index in [2.05, 4.69) is 25.9 Å². The number of benzene rings is 2. The molecule has 0 saturated carbocycles. The number of carbonyl (C=O) groups excluding carboxylic acids is 2. The Labute approximate surface area is 189 Å². The number of hydrogen-bond acceptors (Lipinski definition) is 5. The highest BCUT2D eigenvalue weighted by atomic mass is 35.5. The maximum absolute atomic E-state index is 12.7. The van der Waals surface area contributed by atoms with E-state index >= 15 is 0 Å². The number of anilines is 4. The number of rotatable bonds is 5. The van der Waals surface area contributed by atoms with Crippen LogP contribution in [0.3, 0.4) is 0 Å². The van der Waals surface area contributed by atoms with E-state index in [9.17, 15) is 9.59 Å². The molecule has 1 heterocycles. The predicted octanol–water partition coefficient (Wildman–Crippen LogP) is 5.05. The summed E-state index contributed by atoms with van der Waals surface area (Å²) in [5.41, 5.74) is 1.93. The highest BCUT2D eigenvalue weighted by molar-refractivity contribution is 6.40. The van der Waals surface area contributed by atoms with E-state index in [-0.39, 0.29) is 0 Å². The first kappa shape index (κ1) is 22.3. The fourth-order valence-corrected chi connectivity index (χ4v) is 3.16. The maximum Gasteiger partial charge on any atom is 0.327 e. The molecule has 0 spiro atoms. The van der Waals surface area contributed by atoms with Crippen LogP contribution in [0.4, 0.5) is 27.8 Å². The van der Waals surface area contributed by atoms with E-state index in [0.717, 1.165) is 5.56 Å². The molecule has 3 rings (SSSR count). The Morgan fingerprint density at radius 1 is 1.00 bits per heavy atom. The molecule has 0 fully saturated rings. The van der Waals surface area contributed by atoms with Gasteiger partial charge in [0.15, 0.2) is 0 Å². The summed E-state index contributed by atoms with van der Waals surface area (Å²) in [6, 6.07) is 11.1. The number of aromatic nitrogens is 2. The van der Waals surface area contributed by atoms with Gasteiger partial charge in [0.25, 0.3) is 5.91 Å². The van der Waals surface area contributed by atoms with Crippen molar-refractivity contribution in [3.8, 4) is 0 Å². The van der Waals surface area contributed by atoms with Crippen molar-refractivity contribution in [3.05, 3.63) is 70.0 Å². The number of amides is 3. The largest absolute Gasteiger partial charge is 0.373 e. The van der Waals surface area contributed by atoms with Gasteiger partial charge in [-0.3, -0.25) is 9.69 Å². The van der Waals surface area contributed by atoms with Gasteiger partial charge in [-0.15, -0.1) is 0 Å². The molecule has 0 unspecified atom stereocenters. The van der Waals surface area contributed by atoms with Crippen LogP contribution in [0, 0.1) is 6.92 Å². The van der Waals surface area contributed by atoms with Gasteiger partial charge in [0.05, 0.1) is 15.7 Å².